The Morgan fingerprint density at radius 3 is 2.39 bits per heavy atom. The Labute approximate surface area is 158 Å². The lowest BCUT2D eigenvalue weighted by Crippen LogP contribution is -2.15. The Bertz CT molecular complexity index is 955. The van der Waals surface area contributed by atoms with Gasteiger partial charge in [-0.1, -0.05) is 24.3 Å². The number of carbonyl (C=O) groups is 1. The third kappa shape index (κ3) is 5.07. The molecule has 0 aliphatic rings. The predicted molar refractivity (Wildman–Crippen MR) is 88.0 cm³/mol. The van der Waals surface area contributed by atoms with Crippen LogP contribution in [0.2, 0.25) is 0 Å². The molecule has 0 atom stereocenters. The number of hydrogen-bond donors (Lipinski definition) is 1. The largest absolute Gasteiger partial charge is 0.417 e. The number of nitrogens with one attached hydrogen (secondary N) is 1. The van der Waals surface area contributed by atoms with E-state index in [1.807, 2.05) is 0 Å². The number of aryl methyl sites for hydroxylation is 1. The molecule has 2 aromatic rings. The third-order valence-electron chi connectivity index (χ3n) is 3.34. The fourth-order valence-electron chi connectivity index (χ4n) is 2.02. The first-order valence-corrected chi connectivity index (χ1v) is 8.31. The van der Waals surface area contributed by atoms with Crippen molar-refractivity contribution >= 4 is 28.5 Å². The van der Waals surface area contributed by atoms with E-state index in [4.69, 9.17) is 5.26 Å². The maximum absolute atomic E-state index is 13.2. The quantitative estimate of drug-likeness (QED) is 0.443. The van der Waals surface area contributed by atoms with Crippen LogP contribution in [0.25, 0.3) is 6.08 Å². The first-order chi connectivity index (χ1) is 13.0. The van der Waals surface area contributed by atoms with Crippen molar-refractivity contribution in [2.75, 3.05) is 5.32 Å². The average molecular weight is 420 g/mol. The average Bonchev–Trinajstić information content (AvgIpc) is 3.05. The lowest BCUT2D eigenvalue weighted by molar-refractivity contribution is -0.143. The van der Waals surface area contributed by atoms with Gasteiger partial charge in [-0.2, -0.15) is 31.6 Å². The van der Waals surface area contributed by atoms with Crippen LogP contribution in [0, 0.1) is 11.3 Å². The number of halogens is 6. The SMILES string of the molecule is CCc1nnc(NC(=O)/C(C#N)=C/c2ccc(C(F)(F)F)cc2C(F)(F)F)s1. The van der Waals surface area contributed by atoms with Crippen LogP contribution in [0.5, 0.6) is 0 Å². The summed E-state index contributed by atoms with van der Waals surface area (Å²) in [4.78, 5) is 12.1. The van der Waals surface area contributed by atoms with Crippen LogP contribution in [0.4, 0.5) is 31.5 Å². The molecule has 0 fully saturated rings. The van der Waals surface area contributed by atoms with Gasteiger partial charge in [0.25, 0.3) is 5.91 Å². The van der Waals surface area contributed by atoms with E-state index in [1.165, 1.54) is 6.07 Å². The van der Waals surface area contributed by atoms with Crippen molar-refractivity contribution in [2.24, 2.45) is 0 Å². The van der Waals surface area contributed by atoms with Crippen molar-refractivity contribution in [3.8, 4) is 6.07 Å². The van der Waals surface area contributed by atoms with Crippen molar-refractivity contribution in [2.45, 2.75) is 25.7 Å². The topological polar surface area (TPSA) is 78.7 Å². The van der Waals surface area contributed by atoms with E-state index in [0.29, 0.717) is 29.6 Å². The molecular formula is C16H10F6N4OS. The Morgan fingerprint density at radius 1 is 1.21 bits per heavy atom. The van der Waals surface area contributed by atoms with Crippen LogP contribution in [-0.4, -0.2) is 16.1 Å². The van der Waals surface area contributed by atoms with Gasteiger partial charge in [-0.05, 0) is 30.2 Å². The van der Waals surface area contributed by atoms with E-state index in [2.05, 4.69) is 15.5 Å². The van der Waals surface area contributed by atoms with Crippen LogP contribution in [0.3, 0.4) is 0 Å². The minimum absolute atomic E-state index is 0.0338. The highest BCUT2D eigenvalue weighted by molar-refractivity contribution is 7.15. The second-order valence-corrected chi connectivity index (χ2v) is 6.34. The number of amides is 1. The van der Waals surface area contributed by atoms with Gasteiger partial charge in [-0.25, -0.2) is 0 Å². The molecule has 0 spiro atoms. The Hall–Kier alpha value is -2.94. The van der Waals surface area contributed by atoms with Crippen molar-refractivity contribution < 1.29 is 31.1 Å². The number of aromatic nitrogens is 2. The summed E-state index contributed by atoms with van der Waals surface area (Å²) in [6, 6.07) is 2.35. The summed E-state index contributed by atoms with van der Waals surface area (Å²) < 4.78 is 77.6. The molecule has 12 heteroatoms. The maximum Gasteiger partial charge on any atom is 0.417 e. The minimum Gasteiger partial charge on any atom is -0.296 e. The van der Waals surface area contributed by atoms with Gasteiger partial charge in [0.15, 0.2) is 0 Å². The number of nitriles is 1. The van der Waals surface area contributed by atoms with Crippen LogP contribution in [0.1, 0.15) is 28.6 Å². The Balaban J connectivity index is 2.42. The zero-order valence-corrected chi connectivity index (χ0v) is 14.8. The van der Waals surface area contributed by atoms with Crippen molar-refractivity contribution in [1.82, 2.24) is 10.2 Å². The molecule has 0 bridgehead atoms. The summed E-state index contributed by atoms with van der Waals surface area (Å²) in [6.07, 6.45) is -9.00. The number of benzene rings is 1. The van der Waals surface area contributed by atoms with E-state index >= 15 is 0 Å². The molecule has 5 nitrogen and oxygen atoms in total. The van der Waals surface area contributed by atoms with Gasteiger partial charge in [0.05, 0.1) is 11.1 Å². The first kappa shape index (κ1) is 21.4. The summed E-state index contributed by atoms with van der Waals surface area (Å²) >= 11 is 1.01. The lowest BCUT2D eigenvalue weighted by Gasteiger charge is -2.14. The monoisotopic (exact) mass is 420 g/mol. The fourth-order valence-corrected chi connectivity index (χ4v) is 2.69. The zero-order valence-electron chi connectivity index (χ0n) is 13.9. The molecule has 0 aliphatic heterocycles. The molecule has 0 unspecified atom stereocenters. The number of rotatable bonds is 4. The molecule has 0 saturated heterocycles. The molecule has 0 aliphatic carbocycles. The first-order valence-electron chi connectivity index (χ1n) is 7.49. The van der Waals surface area contributed by atoms with Gasteiger partial charge in [-0.15, -0.1) is 10.2 Å². The fraction of sp³-hybridized carbons (Fsp3) is 0.250. The molecule has 1 N–H and O–H groups in total. The van der Waals surface area contributed by atoms with Gasteiger partial charge in [0.2, 0.25) is 5.13 Å². The number of nitrogens with zero attached hydrogens (tertiary/aromatic N) is 3. The Morgan fingerprint density at radius 2 is 1.89 bits per heavy atom. The third-order valence-corrected chi connectivity index (χ3v) is 4.32. The molecule has 0 saturated carbocycles. The van der Waals surface area contributed by atoms with E-state index in [1.54, 1.807) is 6.92 Å². The molecule has 1 amide bonds. The summed E-state index contributed by atoms with van der Waals surface area (Å²) in [5.41, 5.74) is -4.61. The smallest absolute Gasteiger partial charge is 0.296 e. The van der Waals surface area contributed by atoms with Gasteiger partial charge in [-0.3, -0.25) is 10.1 Å². The molecule has 148 valence electrons. The van der Waals surface area contributed by atoms with Gasteiger partial charge in [0.1, 0.15) is 16.6 Å². The minimum atomic E-state index is -5.13. The highest BCUT2D eigenvalue weighted by Crippen LogP contribution is 2.38. The van der Waals surface area contributed by atoms with Gasteiger partial charge >= 0.3 is 12.4 Å². The highest BCUT2D eigenvalue weighted by atomic mass is 32.1. The van der Waals surface area contributed by atoms with E-state index < -0.39 is 40.5 Å². The van der Waals surface area contributed by atoms with Crippen molar-refractivity contribution in [1.29, 1.82) is 5.26 Å². The molecule has 0 radical (unpaired) electrons. The van der Waals surface area contributed by atoms with Crippen LogP contribution >= 0.6 is 11.3 Å². The van der Waals surface area contributed by atoms with E-state index in [0.717, 1.165) is 11.3 Å². The number of carbonyl (C=O) groups excluding carboxylic acids is 1. The Kier molecular flexibility index (Phi) is 6.08. The van der Waals surface area contributed by atoms with E-state index in [-0.39, 0.29) is 11.2 Å². The lowest BCUT2D eigenvalue weighted by atomic mass is 10.0. The van der Waals surface area contributed by atoms with Crippen LogP contribution in [-0.2, 0) is 23.6 Å². The maximum atomic E-state index is 13.2. The molecule has 2 rings (SSSR count). The molecule has 1 aromatic carbocycles. The highest BCUT2D eigenvalue weighted by Gasteiger charge is 2.38. The van der Waals surface area contributed by atoms with Crippen molar-refractivity contribution in [3.05, 3.63) is 45.5 Å². The van der Waals surface area contributed by atoms with Crippen LogP contribution in [0.15, 0.2) is 23.8 Å². The molecule has 1 heterocycles. The summed E-state index contributed by atoms with van der Waals surface area (Å²) in [5.74, 6) is -1.06. The van der Waals surface area contributed by atoms with E-state index in [9.17, 15) is 31.1 Å². The predicted octanol–water partition coefficient (Wildman–Crippen LogP) is 4.68. The number of anilines is 1. The zero-order chi connectivity index (χ0) is 21.1. The second kappa shape index (κ2) is 7.97. The normalized spacial score (nSPS) is 12.6. The molecule has 28 heavy (non-hydrogen) atoms. The van der Waals surface area contributed by atoms with Gasteiger partial charge in [0, 0.05) is 0 Å². The van der Waals surface area contributed by atoms with Gasteiger partial charge < -0.3 is 0 Å². The number of alkyl halides is 6. The second-order valence-electron chi connectivity index (χ2n) is 5.28. The standard InChI is InChI=1S/C16H10F6N4OS/c1-2-12-25-26-14(28-12)24-13(27)9(7-23)5-8-3-4-10(15(17,18)19)6-11(8)16(20,21)22/h3-6H,2H2,1H3,(H,24,26,27)/b9-5+. The molecule has 1 aromatic heterocycles. The number of hydrogen-bond acceptors (Lipinski definition) is 5. The summed E-state index contributed by atoms with van der Waals surface area (Å²) in [5, 5.41) is 19.3. The van der Waals surface area contributed by atoms with Crippen molar-refractivity contribution in [3.63, 3.8) is 0 Å². The molecular weight excluding hydrogens is 410 g/mol. The van der Waals surface area contributed by atoms with Crippen LogP contribution < -0.4 is 5.32 Å². The summed E-state index contributed by atoms with van der Waals surface area (Å²) in [6.45, 7) is 1.79. The summed E-state index contributed by atoms with van der Waals surface area (Å²) in [7, 11) is 0.